The molecule has 0 aromatic heterocycles. The zero-order chi connectivity index (χ0) is 24.0. The Hall–Kier alpha value is -4.33. The van der Waals surface area contributed by atoms with Crippen molar-refractivity contribution < 1.29 is 23.6 Å². The minimum atomic E-state index is -0.431. The maximum Gasteiger partial charge on any atom is 0.261 e. The van der Waals surface area contributed by atoms with Crippen molar-refractivity contribution in [3.8, 4) is 0 Å². The summed E-state index contributed by atoms with van der Waals surface area (Å²) in [5, 5.41) is 2.87. The molecule has 4 amide bonds. The number of nitrogens with zero attached hydrogens (tertiary/aromatic N) is 2. The summed E-state index contributed by atoms with van der Waals surface area (Å²) in [6.07, 6.45) is 1.36. The monoisotopic (exact) mass is 457 g/mol. The quantitative estimate of drug-likeness (QED) is 0.605. The van der Waals surface area contributed by atoms with Gasteiger partial charge in [-0.05, 0) is 73.0 Å². The molecule has 0 atom stereocenters. The number of hydrogen-bond acceptors (Lipinski definition) is 4. The van der Waals surface area contributed by atoms with Crippen LogP contribution in [0.4, 0.5) is 15.8 Å². The number of rotatable bonds is 3. The van der Waals surface area contributed by atoms with Gasteiger partial charge in [-0.25, -0.2) is 4.39 Å². The lowest BCUT2D eigenvalue weighted by Crippen LogP contribution is -2.36. The molecule has 2 aliphatic rings. The maximum absolute atomic E-state index is 13.4. The Balaban J connectivity index is 1.44. The topological polar surface area (TPSA) is 86.8 Å². The van der Waals surface area contributed by atoms with Gasteiger partial charge in [-0.15, -0.1) is 0 Å². The number of nitrogens with one attached hydrogen (secondary N) is 1. The number of amides is 4. The summed E-state index contributed by atoms with van der Waals surface area (Å²) in [7, 11) is 1.41. The molecule has 0 bridgehead atoms. The fourth-order valence-corrected chi connectivity index (χ4v) is 4.40. The first-order valence-corrected chi connectivity index (χ1v) is 10.8. The second-order valence-electron chi connectivity index (χ2n) is 8.25. The van der Waals surface area contributed by atoms with Crippen LogP contribution in [0.15, 0.2) is 60.7 Å². The SMILES string of the molecule is CN1C(=O)c2ccc(C(=O)N3CCCc4c(NC(=O)c5ccc(F)cc5)cccc43)cc2C1=O. The molecule has 0 radical (unpaired) electrons. The van der Waals surface area contributed by atoms with E-state index in [-0.39, 0.29) is 28.8 Å². The Kier molecular flexibility index (Phi) is 5.20. The van der Waals surface area contributed by atoms with Crippen LogP contribution in [0.1, 0.15) is 53.4 Å². The molecule has 0 fully saturated rings. The third-order valence-electron chi connectivity index (χ3n) is 6.19. The number of benzene rings is 3. The normalized spacial score (nSPS) is 14.6. The van der Waals surface area contributed by atoms with E-state index in [1.54, 1.807) is 23.1 Å². The van der Waals surface area contributed by atoms with E-state index in [2.05, 4.69) is 5.32 Å². The van der Waals surface area contributed by atoms with Gasteiger partial charge in [-0.1, -0.05) is 6.07 Å². The summed E-state index contributed by atoms with van der Waals surface area (Å²) in [6.45, 7) is 0.477. The molecule has 8 heteroatoms. The Morgan fingerprint density at radius 1 is 0.912 bits per heavy atom. The van der Waals surface area contributed by atoms with Crippen LogP contribution in [0.3, 0.4) is 0 Å². The first-order chi connectivity index (χ1) is 16.3. The van der Waals surface area contributed by atoms with Crippen molar-refractivity contribution in [1.29, 1.82) is 0 Å². The van der Waals surface area contributed by atoms with Crippen LogP contribution >= 0.6 is 0 Å². The van der Waals surface area contributed by atoms with Crippen LogP contribution in [0.2, 0.25) is 0 Å². The number of anilines is 2. The average molecular weight is 457 g/mol. The van der Waals surface area contributed by atoms with Crippen LogP contribution in [0.5, 0.6) is 0 Å². The molecule has 3 aromatic carbocycles. The molecular formula is C26H20FN3O4. The molecule has 0 aliphatic carbocycles. The molecule has 34 heavy (non-hydrogen) atoms. The van der Waals surface area contributed by atoms with E-state index in [4.69, 9.17) is 0 Å². The summed E-state index contributed by atoms with van der Waals surface area (Å²) in [5.41, 5.74) is 3.22. The maximum atomic E-state index is 13.4. The van der Waals surface area contributed by atoms with Gasteiger partial charge in [0.25, 0.3) is 23.6 Å². The highest BCUT2D eigenvalue weighted by Gasteiger charge is 2.34. The second-order valence-corrected chi connectivity index (χ2v) is 8.25. The van der Waals surface area contributed by atoms with Crippen LogP contribution in [-0.2, 0) is 6.42 Å². The van der Waals surface area contributed by atoms with E-state index in [9.17, 15) is 23.6 Å². The fourth-order valence-electron chi connectivity index (χ4n) is 4.40. The first kappa shape index (κ1) is 21.5. The van der Waals surface area contributed by atoms with Gasteiger partial charge in [-0.3, -0.25) is 24.1 Å². The lowest BCUT2D eigenvalue weighted by Gasteiger charge is -2.31. The van der Waals surface area contributed by atoms with Crippen LogP contribution in [0, 0.1) is 5.82 Å². The molecule has 7 nitrogen and oxygen atoms in total. The molecule has 3 aromatic rings. The number of halogens is 1. The minimum absolute atomic E-state index is 0.218. The third-order valence-corrected chi connectivity index (χ3v) is 6.19. The molecule has 2 aliphatic heterocycles. The van der Waals surface area contributed by atoms with Crippen LogP contribution in [0.25, 0.3) is 0 Å². The van der Waals surface area contributed by atoms with Crippen molar-refractivity contribution in [2.24, 2.45) is 0 Å². The van der Waals surface area contributed by atoms with Crippen molar-refractivity contribution in [2.45, 2.75) is 12.8 Å². The van der Waals surface area contributed by atoms with Gasteiger partial charge in [0.15, 0.2) is 0 Å². The third kappa shape index (κ3) is 3.53. The van der Waals surface area contributed by atoms with E-state index in [0.29, 0.717) is 41.9 Å². The largest absolute Gasteiger partial charge is 0.322 e. The predicted octanol–water partition coefficient (Wildman–Crippen LogP) is 3.90. The smallest absolute Gasteiger partial charge is 0.261 e. The standard InChI is InChI=1S/C26H20FN3O4/c1-29-25(33)18-12-9-16(14-20(18)26(29)34)24(32)30-13-3-4-19-21(5-2-6-22(19)30)28-23(31)15-7-10-17(27)11-8-15/h2,5-12,14H,3-4,13H2,1H3,(H,28,31). The Labute approximate surface area is 194 Å². The van der Waals surface area contributed by atoms with E-state index in [1.165, 1.54) is 43.4 Å². The number of carbonyl (C=O) groups is 4. The van der Waals surface area contributed by atoms with Gasteiger partial charge in [0.1, 0.15) is 5.82 Å². The number of hydrogen-bond donors (Lipinski definition) is 1. The zero-order valence-corrected chi connectivity index (χ0v) is 18.3. The second kappa shape index (κ2) is 8.22. The summed E-state index contributed by atoms with van der Waals surface area (Å²) in [4.78, 5) is 53.2. The Bertz CT molecular complexity index is 1370. The number of carbonyl (C=O) groups excluding carboxylic acids is 4. The van der Waals surface area contributed by atoms with Gasteiger partial charge >= 0.3 is 0 Å². The van der Waals surface area contributed by atoms with E-state index in [1.807, 2.05) is 6.07 Å². The van der Waals surface area contributed by atoms with Gasteiger partial charge in [0.05, 0.1) is 11.1 Å². The summed E-state index contributed by atoms with van der Waals surface area (Å²) < 4.78 is 13.2. The van der Waals surface area contributed by atoms with Crippen molar-refractivity contribution in [3.63, 3.8) is 0 Å². The molecule has 0 saturated heterocycles. The highest BCUT2D eigenvalue weighted by atomic mass is 19.1. The molecular weight excluding hydrogens is 437 g/mol. The number of fused-ring (bicyclic) bond motifs is 2. The van der Waals surface area contributed by atoms with Crippen molar-refractivity contribution in [1.82, 2.24) is 4.90 Å². The van der Waals surface area contributed by atoms with Crippen molar-refractivity contribution in [3.05, 3.63) is 94.3 Å². The highest BCUT2D eigenvalue weighted by Crippen LogP contribution is 2.34. The Morgan fingerprint density at radius 2 is 1.62 bits per heavy atom. The Morgan fingerprint density at radius 3 is 2.38 bits per heavy atom. The molecule has 0 spiro atoms. The fraction of sp³-hybridized carbons (Fsp3) is 0.154. The molecule has 0 unspecified atom stereocenters. The van der Waals surface area contributed by atoms with E-state index < -0.39 is 11.7 Å². The summed E-state index contributed by atoms with van der Waals surface area (Å²) >= 11 is 0. The zero-order valence-electron chi connectivity index (χ0n) is 18.3. The predicted molar refractivity (Wildman–Crippen MR) is 124 cm³/mol. The molecule has 5 rings (SSSR count). The van der Waals surface area contributed by atoms with E-state index >= 15 is 0 Å². The van der Waals surface area contributed by atoms with Crippen LogP contribution < -0.4 is 10.2 Å². The lowest BCUT2D eigenvalue weighted by molar-refractivity contribution is 0.0692. The summed E-state index contributed by atoms with van der Waals surface area (Å²) in [6, 6.07) is 15.1. The van der Waals surface area contributed by atoms with Gasteiger partial charge < -0.3 is 10.2 Å². The van der Waals surface area contributed by atoms with Crippen molar-refractivity contribution in [2.75, 3.05) is 23.8 Å². The van der Waals surface area contributed by atoms with Crippen LogP contribution in [-0.4, -0.2) is 42.1 Å². The molecule has 170 valence electrons. The van der Waals surface area contributed by atoms with E-state index in [0.717, 1.165) is 10.5 Å². The highest BCUT2D eigenvalue weighted by molar-refractivity contribution is 6.22. The minimum Gasteiger partial charge on any atom is -0.322 e. The molecule has 0 saturated carbocycles. The van der Waals surface area contributed by atoms with Gasteiger partial charge in [0, 0.05) is 36.1 Å². The van der Waals surface area contributed by atoms with Gasteiger partial charge in [0.2, 0.25) is 0 Å². The van der Waals surface area contributed by atoms with Gasteiger partial charge in [-0.2, -0.15) is 0 Å². The lowest BCUT2D eigenvalue weighted by atomic mass is 9.97. The first-order valence-electron chi connectivity index (χ1n) is 10.8. The average Bonchev–Trinajstić information content (AvgIpc) is 3.07. The summed E-state index contributed by atoms with van der Waals surface area (Å²) in [5.74, 6) is -1.90. The molecule has 1 N–H and O–H groups in total. The van der Waals surface area contributed by atoms with Crippen molar-refractivity contribution >= 4 is 35.0 Å². The number of imide groups is 1. The molecule has 2 heterocycles.